The maximum absolute atomic E-state index is 12.0. The van der Waals surface area contributed by atoms with Gasteiger partial charge in [-0.1, -0.05) is 26.0 Å². The predicted octanol–water partition coefficient (Wildman–Crippen LogP) is 1.93. The number of carbonyl (C=O) groups excluding carboxylic acids is 1. The van der Waals surface area contributed by atoms with Gasteiger partial charge in [-0.15, -0.1) is 0 Å². The molecule has 1 rings (SSSR count). The molecule has 0 aliphatic rings. The Morgan fingerprint density at radius 2 is 1.84 bits per heavy atom. The number of aliphatic hydroxyl groups is 1. The van der Waals surface area contributed by atoms with Crippen LogP contribution in [0.5, 0.6) is 5.75 Å². The number of ether oxygens (including phenoxy) is 1. The van der Waals surface area contributed by atoms with E-state index >= 15 is 0 Å². The first-order valence-electron chi connectivity index (χ1n) is 6.55. The second-order valence-corrected chi connectivity index (χ2v) is 5.05. The quantitative estimate of drug-likeness (QED) is 0.826. The molecule has 1 aromatic rings. The van der Waals surface area contributed by atoms with Crippen LogP contribution in [-0.4, -0.2) is 30.8 Å². The first kappa shape index (κ1) is 15.5. The monoisotopic (exact) mass is 265 g/mol. The summed E-state index contributed by atoms with van der Waals surface area (Å²) in [6.45, 7) is 5.98. The second kappa shape index (κ2) is 7.14. The van der Waals surface area contributed by atoms with Crippen molar-refractivity contribution in [2.45, 2.75) is 32.8 Å². The number of hydrogen-bond acceptors (Lipinski definition) is 3. The Morgan fingerprint density at radius 1 is 1.26 bits per heavy atom. The molecule has 0 aliphatic carbocycles. The van der Waals surface area contributed by atoms with Crippen molar-refractivity contribution in [2.24, 2.45) is 5.92 Å². The SMILES string of the molecule is COc1ccc(C(C)C(=O)NCC(O)C(C)C)cc1. The summed E-state index contributed by atoms with van der Waals surface area (Å²) in [5.74, 6) is 0.582. The Bertz CT molecular complexity index is 400. The van der Waals surface area contributed by atoms with Crippen molar-refractivity contribution in [3.63, 3.8) is 0 Å². The fourth-order valence-corrected chi connectivity index (χ4v) is 1.64. The first-order valence-corrected chi connectivity index (χ1v) is 6.55. The summed E-state index contributed by atoms with van der Waals surface area (Å²) in [6, 6.07) is 7.42. The van der Waals surface area contributed by atoms with Crippen LogP contribution < -0.4 is 10.1 Å². The predicted molar refractivity (Wildman–Crippen MR) is 75.3 cm³/mol. The average Bonchev–Trinajstić information content (AvgIpc) is 2.43. The van der Waals surface area contributed by atoms with E-state index in [4.69, 9.17) is 4.74 Å². The van der Waals surface area contributed by atoms with Crippen molar-refractivity contribution in [2.75, 3.05) is 13.7 Å². The molecule has 0 bridgehead atoms. The van der Waals surface area contributed by atoms with Crippen LogP contribution in [0.3, 0.4) is 0 Å². The maximum atomic E-state index is 12.0. The Hall–Kier alpha value is -1.55. The summed E-state index contributed by atoms with van der Waals surface area (Å²) in [5, 5.41) is 12.4. The lowest BCUT2D eigenvalue weighted by molar-refractivity contribution is -0.122. The number of carbonyl (C=O) groups is 1. The van der Waals surface area contributed by atoms with E-state index in [0.717, 1.165) is 11.3 Å². The normalized spacial score (nSPS) is 14.0. The highest BCUT2D eigenvalue weighted by Crippen LogP contribution is 2.19. The Balaban J connectivity index is 2.56. The number of rotatable bonds is 6. The van der Waals surface area contributed by atoms with Crippen molar-refractivity contribution >= 4 is 5.91 Å². The van der Waals surface area contributed by atoms with E-state index < -0.39 is 6.10 Å². The van der Waals surface area contributed by atoms with E-state index in [-0.39, 0.29) is 24.3 Å². The zero-order valence-electron chi connectivity index (χ0n) is 12.0. The molecule has 0 fully saturated rings. The molecule has 2 N–H and O–H groups in total. The highest BCUT2D eigenvalue weighted by atomic mass is 16.5. The number of amides is 1. The van der Waals surface area contributed by atoms with Gasteiger partial charge in [0.15, 0.2) is 0 Å². The number of aliphatic hydroxyl groups excluding tert-OH is 1. The topological polar surface area (TPSA) is 58.6 Å². The molecule has 1 amide bonds. The van der Waals surface area contributed by atoms with Gasteiger partial charge in [-0.3, -0.25) is 4.79 Å². The van der Waals surface area contributed by atoms with Gasteiger partial charge in [-0.2, -0.15) is 0 Å². The Morgan fingerprint density at radius 3 is 2.32 bits per heavy atom. The van der Waals surface area contributed by atoms with Gasteiger partial charge in [0.05, 0.1) is 19.1 Å². The average molecular weight is 265 g/mol. The van der Waals surface area contributed by atoms with Gasteiger partial charge in [0.25, 0.3) is 0 Å². The summed E-state index contributed by atoms with van der Waals surface area (Å²) in [7, 11) is 1.61. The van der Waals surface area contributed by atoms with E-state index in [1.54, 1.807) is 7.11 Å². The summed E-state index contributed by atoms with van der Waals surface area (Å²) in [6.07, 6.45) is -0.507. The molecule has 1 aromatic carbocycles. The molecule has 0 saturated carbocycles. The molecule has 2 unspecified atom stereocenters. The van der Waals surface area contributed by atoms with Gasteiger partial charge in [0.1, 0.15) is 5.75 Å². The standard InChI is InChI=1S/C15H23NO3/c1-10(2)14(17)9-16-15(18)11(3)12-5-7-13(19-4)8-6-12/h5-8,10-11,14,17H,9H2,1-4H3,(H,16,18). The van der Waals surface area contributed by atoms with Crippen LogP contribution in [0, 0.1) is 5.92 Å². The largest absolute Gasteiger partial charge is 0.497 e. The van der Waals surface area contributed by atoms with E-state index in [2.05, 4.69) is 5.32 Å². The fourth-order valence-electron chi connectivity index (χ4n) is 1.64. The maximum Gasteiger partial charge on any atom is 0.227 e. The summed E-state index contributed by atoms with van der Waals surface area (Å²) in [4.78, 5) is 12.0. The minimum absolute atomic E-state index is 0.0788. The van der Waals surface area contributed by atoms with Gasteiger partial charge >= 0.3 is 0 Å². The number of hydrogen-bond donors (Lipinski definition) is 2. The first-order chi connectivity index (χ1) is 8.95. The summed E-state index contributed by atoms with van der Waals surface area (Å²) < 4.78 is 5.08. The van der Waals surface area contributed by atoms with Crippen LogP contribution in [0.25, 0.3) is 0 Å². The van der Waals surface area contributed by atoms with Gasteiger partial charge in [0, 0.05) is 6.54 Å². The molecule has 4 nitrogen and oxygen atoms in total. The van der Waals surface area contributed by atoms with Crippen LogP contribution in [0.4, 0.5) is 0 Å². The van der Waals surface area contributed by atoms with Gasteiger partial charge in [-0.05, 0) is 30.5 Å². The number of nitrogens with one attached hydrogen (secondary N) is 1. The zero-order valence-corrected chi connectivity index (χ0v) is 12.0. The minimum Gasteiger partial charge on any atom is -0.497 e. The Labute approximate surface area is 114 Å². The molecule has 0 spiro atoms. The van der Waals surface area contributed by atoms with E-state index in [1.165, 1.54) is 0 Å². The second-order valence-electron chi connectivity index (χ2n) is 5.05. The lowest BCUT2D eigenvalue weighted by atomic mass is 10.00. The van der Waals surface area contributed by atoms with Crippen molar-refractivity contribution in [3.8, 4) is 5.75 Å². The number of benzene rings is 1. The van der Waals surface area contributed by atoms with Crippen molar-refractivity contribution < 1.29 is 14.6 Å². The van der Waals surface area contributed by atoms with Crippen molar-refractivity contribution in [3.05, 3.63) is 29.8 Å². The van der Waals surface area contributed by atoms with E-state index in [1.807, 2.05) is 45.0 Å². The molecule has 19 heavy (non-hydrogen) atoms. The molecular weight excluding hydrogens is 242 g/mol. The molecule has 2 atom stereocenters. The third-order valence-electron chi connectivity index (χ3n) is 3.26. The van der Waals surface area contributed by atoms with E-state index in [0.29, 0.717) is 0 Å². The van der Waals surface area contributed by atoms with Crippen molar-refractivity contribution in [1.82, 2.24) is 5.32 Å². The van der Waals surface area contributed by atoms with Crippen LogP contribution in [-0.2, 0) is 4.79 Å². The lowest BCUT2D eigenvalue weighted by Gasteiger charge is -2.17. The van der Waals surface area contributed by atoms with Crippen LogP contribution in [0.2, 0.25) is 0 Å². The fraction of sp³-hybridized carbons (Fsp3) is 0.533. The zero-order chi connectivity index (χ0) is 14.4. The summed E-state index contributed by atoms with van der Waals surface area (Å²) >= 11 is 0. The molecule has 0 radical (unpaired) electrons. The number of methoxy groups -OCH3 is 1. The van der Waals surface area contributed by atoms with Crippen LogP contribution in [0.1, 0.15) is 32.3 Å². The van der Waals surface area contributed by atoms with E-state index in [9.17, 15) is 9.90 Å². The van der Waals surface area contributed by atoms with Crippen LogP contribution >= 0.6 is 0 Å². The van der Waals surface area contributed by atoms with Gasteiger partial charge in [-0.25, -0.2) is 0 Å². The molecule has 106 valence electrons. The molecule has 0 aromatic heterocycles. The molecule has 4 heteroatoms. The summed E-state index contributed by atoms with van der Waals surface area (Å²) in [5.41, 5.74) is 0.928. The smallest absolute Gasteiger partial charge is 0.227 e. The highest BCUT2D eigenvalue weighted by Gasteiger charge is 2.17. The third kappa shape index (κ3) is 4.56. The third-order valence-corrected chi connectivity index (χ3v) is 3.26. The molecular formula is C15H23NO3. The van der Waals surface area contributed by atoms with Crippen molar-refractivity contribution in [1.29, 1.82) is 0 Å². The minimum atomic E-state index is -0.507. The Kier molecular flexibility index (Phi) is 5.83. The highest BCUT2D eigenvalue weighted by molar-refractivity contribution is 5.83. The molecule has 0 saturated heterocycles. The van der Waals surface area contributed by atoms with Crippen LogP contribution in [0.15, 0.2) is 24.3 Å². The lowest BCUT2D eigenvalue weighted by Crippen LogP contribution is -2.36. The molecule has 0 heterocycles. The molecule has 0 aliphatic heterocycles. The van der Waals surface area contributed by atoms with Gasteiger partial charge < -0.3 is 15.2 Å². The van der Waals surface area contributed by atoms with Gasteiger partial charge in [0.2, 0.25) is 5.91 Å².